The van der Waals surface area contributed by atoms with Crippen LogP contribution in [0.15, 0.2) is 51.9 Å². The number of carbonyl (C=O) groups excluding carboxylic acids is 1. The summed E-state index contributed by atoms with van der Waals surface area (Å²) in [5, 5.41) is 2.85. The number of hydrogen-bond acceptors (Lipinski definition) is 4. The summed E-state index contributed by atoms with van der Waals surface area (Å²) in [6, 6.07) is 9.03. The van der Waals surface area contributed by atoms with E-state index < -0.39 is 5.76 Å². The van der Waals surface area contributed by atoms with E-state index in [9.17, 15) is 9.59 Å². The fourth-order valence-electron chi connectivity index (χ4n) is 2.45. The van der Waals surface area contributed by atoms with Crippen molar-refractivity contribution in [2.75, 3.05) is 5.32 Å². The molecular formula is C17H17N3O3. The number of nitrogens with zero attached hydrogens (tertiary/aromatic N) is 2. The van der Waals surface area contributed by atoms with Crippen molar-refractivity contribution in [2.45, 2.75) is 26.3 Å². The highest BCUT2D eigenvalue weighted by Crippen LogP contribution is 2.14. The zero-order valence-corrected chi connectivity index (χ0v) is 12.8. The van der Waals surface area contributed by atoms with E-state index in [2.05, 4.69) is 10.3 Å². The number of rotatable bonds is 5. The van der Waals surface area contributed by atoms with Gasteiger partial charge in [0, 0.05) is 31.0 Å². The van der Waals surface area contributed by atoms with Gasteiger partial charge in [-0.15, -0.1) is 0 Å². The first-order valence-electron chi connectivity index (χ1n) is 7.44. The van der Waals surface area contributed by atoms with Crippen molar-refractivity contribution < 1.29 is 9.21 Å². The molecule has 3 aromatic rings. The first-order chi connectivity index (χ1) is 11.1. The molecule has 2 heterocycles. The zero-order chi connectivity index (χ0) is 16.2. The molecule has 6 nitrogen and oxygen atoms in total. The van der Waals surface area contributed by atoms with Gasteiger partial charge in [0.2, 0.25) is 5.91 Å². The molecule has 23 heavy (non-hydrogen) atoms. The summed E-state index contributed by atoms with van der Waals surface area (Å²) < 4.78 is 6.72. The summed E-state index contributed by atoms with van der Waals surface area (Å²) in [4.78, 5) is 27.8. The topological polar surface area (TPSA) is 77.1 Å². The molecule has 0 unspecified atom stereocenters. The van der Waals surface area contributed by atoms with Gasteiger partial charge in [0.25, 0.3) is 0 Å². The van der Waals surface area contributed by atoms with E-state index in [0.717, 1.165) is 16.8 Å². The number of fused-ring (bicyclic) bond motifs is 1. The second-order valence-corrected chi connectivity index (χ2v) is 5.33. The molecule has 0 bridgehead atoms. The number of anilines is 1. The summed E-state index contributed by atoms with van der Waals surface area (Å²) in [6.07, 6.45) is 4.22. The minimum atomic E-state index is -0.392. The van der Waals surface area contributed by atoms with Gasteiger partial charge in [0.15, 0.2) is 5.58 Å². The molecular weight excluding hydrogens is 294 g/mol. The number of para-hydroxylation sites is 2. The highest BCUT2D eigenvalue weighted by atomic mass is 16.4. The van der Waals surface area contributed by atoms with E-state index in [1.54, 1.807) is 29.1 Å². The Bertz CT molecular complexity index is 895. The average Bonchev–Trinajstić information content (AvgIpc) is 2.86. The van der Waals surface area contributed by atoms with Crippen molar-refractivity contribution in [3.63, 3.8) is 0 Å². The van der Waals surface area contributed by atoms with Crippen LogP contribution in [0.3, 0.4) is 0 Å². The lowest BCUT2D eigenvalue weighted by Gasteiger charge is -2.07. The molecule has 0 aliphatic rings. The normalized spacial score (nSPS) is 10.8. The molecule has 0 atom stereocenters. The second kappa shape index (κ2) is 6.48. The van der Waals surface area contributed by atoms with Crippen LogP contribution in [0.2, 0.25) is 0 Å². The number of amides is 1. The van der Waals surface area contributed by atoms with Gasteiger partial charge in [0.1, 0.15) is 0 Å². The van der Waals surface area contributed by atoms with Crippen LogP contribution in [0.5, 0.6) is 0 Å². The van der Waals surface area contributed by atoms with Gasteiger partial charge in [-0.3, -0.25) is 14.3 Å². The third-order valence-corrected chi connectivity index (χ3v) is 3.65. The molecule has 0 radical (unpaired) electrons. The molecule has 0 saturated carbocycles. The van der Waals surface area contributed by atoms with E-state index in [-0.39, 0.29) is 5.91 Å². The van der Waals surface area contributed by atoms with Gasteiger partial charge < -0.3 is 9.73 Å². The standard InChI is InChI=1S/C17H17N3O3/c1-12-11-18-9-8-13(12)19-16(21)7-4-10-20-14-5-2-3-6-15(14)23-17(20)22/h2-3,5-6,8-9,11H,4,7,10H2,1H3,(H,18,19,21). The minimum absolute atomic E-state index is 0.0832. The molecule has 1 aromatic carbocycles. The van der Waals surface area contributed by atoms with Gasteiger partial charge in [0.05, 0.1) is 5.52 Å². The Morgan fingerprint density at radius 2 is 2.13 bits per heavy atom. The minimum Gasteiger partial charge on any atom is -0.408 e. The zero-order valence-electron chi connectivity index (χ0n) is 12.8. The third kappa shape index (κ3) is 3.31. The number of benzene rings is 1. The Kier molecular flexibility index (Phi) is 4.23. The third-order valence-electron chi connectivity index (χ3n) is 3.65. The molecule has 3 rings (SSSR count). The Morgan fingerprint density at radius 1 is 1.30 bits per heavy atom. The van der Waals surface area contributed by atoms with Crippen LogP contribution in [0.4, 0.5) is 5.69 Å². The van der Waals surface area contributed by atoms with Crippen molar-refractivity contribution in [1.29, 1.82) is 0 Å². The number of nitrogens with one attached hydrogen (secondary N) is 1. The van der Waals surface area contributed by atoms with Gasteiger partial charge in [-0.25, -0.2) is 4.79 Å². The molecule has 6 heteroatoms. The fraction of sp³-hybridized carbons (Fsp3) is 0.235. The van der Waals surface area contributed by atoms with Crippen LogP contribution in [-0.4, -0.2) is 15.5 Å². The predicted molar refractivity (Wildman–Crippen MR) is 87.3 cm³/mol. The van der Waals surface area contributed by atoms with E-state index >= 15 is 0 Å². The number of pyridine rings is 1. The van der Waals surface area contributed by atoms with Crippen LogP contribution >= 0.6 is 0 Å². The van der Waals surface area contributed by atoms with Crippen LogP contribution in [0.1, 0.15) is 18.4 Å². The Balaban J connectivity index is 1.61. The maximum absolute atomic E-state index is 12.0. The summed E-state index contributed by atoms with van der Waals surface area (Å²) in [6.45, 7) is 2.33. The first-order valence-corrected chi connectivity index (χ1v) is 7.44. The quantitative estimate of drug-likeness (QED) is 0.786. The van der Waals surface area contributed by atoms with Crippen molar-refractivity contribution in [1.82, 2.24) is 9.55 Å². The van der Waals surface area contributed by atoms with Crippen molar-refractivity contribution in [3.8, 4) is 0 Å². The van der Waals surface area contributed by atoms with E-state index in [1.165, 1.54) is 0 Å². The lowest BCUT2D eigenvalue weighted by Crippen LogP contribution is -2.17. The average molecular weight is 311 g/mol. The molecule has 0 aliphatic carbocycles. The molecule has 118 valence electrons. The van der Waals surface area contributed by atoms with Crippen LogP contribution in [-0.2, 0) is 11.3 Å². The van der Waals surface area contributed by atoms with Gasteiger partial charge in [-0.05, 0) is 37.1 Å². The molecule has 0 fully saturated rings. The summed E-state index contributed by atoms with van der Waals surface area (Å²) >= 11 is 0. The molecule has 0 saturated heterocycles. The number of carbonyl (C=O) groups is 1. The van der Waals surface area contributed by atoms with Crippen LogP contribution < -0.4 is 11.1 Å². The molecule has 0 spiro atoms. The van der Waals surface area contributed by atoms with E-state index in [1.807, 2.05) is 25.1 Å². The predicted octanol–water partition coefficient (Wildman–Crippen LogP) is 2.72. The van der Waals surface area contributed by atoms with Gasteiger partial charge >= 0.3 is 5.76 Å². The van der Waals surface area contributed by atoms with Crippen molar-refractivity contribution >= 4 is 22.7 Å². The molecule has 1 amide bonds. The molecule has 1 N–H and O–H groups in total. The largest absolute Gasteiger partial charge is 0.419 e. The van der Waals surface area contributed by atoms with Crippen molar-refractivity contribution in [2.24, 2.45) is 0 Å². The monoisotopic (exact) mass is 311 g/mol. The maximum atomic E-state index is 12.0. The number of aryl methyl sites for hydroxylation is 2. The molecule has 2 aromatic heterocycles. The highest BCUT2D eigenvalue weighted by Gasteiger charge is 2.09. The maximum Gasteiger partial charge on any atom is 0.419 e. The van der Waals surface area contributed by atoms with Crippen LogP contribution in [0, 0.1) is 6.92 Å². The van der Waals surface area contributed by atoms with Crippen LogP contribution in [0.25, 0.3) is 11.1 Å². The van der Waals surface area contributed by atoms with E-state index in [0.29, 0.717) is 25.0 Å². The molecule has 0 aliphatic heterocycles. The Morgan fingerprint density at radius 3 is 2.96 bits per heavy atom. The van der Waals surface area contributed by atoms with Gasteiger partial charge in [-0.1, -0.05) is 12.1 Å². The smallest absolute Gasteiger partial charge is 0.408 e. The van der Waals surface area contributed by atoms with Gasteiger partial charge in [-0.2, -0.15) is 0 Å². The lowest BCUT2D eigenvalue weighted by atomic mass is 10.2. The summed E-state index contributed by atoms with van der Waals surface area (Å²) in [5.41, 5.74) is 2.99. The fourth-order valence-corrected chi connectivity index (χ4v) is 2.45. The number of hydrogen-bond donors (Lipinski definition) is 1. The first kappa shape index (κ1) is 15.0. The van der Waals surface area contributed by atoms with Crippen molar-refractivity contribution in [3.05, 3.63) is 58.8 Å². The highest BCUT2D eigenvalue weighted by molar-refractivity contribution is 5.91. The summed E-state index contributed by atoms with van der Waals surface area (Å²) in [5.74, 6) is -0.475. The number of aromatic nitrogens is 2. The SMILES string of the molecule is Cc1cnccc1NC(=O)CCCn1c(=O)oc2ccccc21. The number of oxazole rings is 1. The Hall–Kier alpha value is -2.89. The second-order valence-electron chi connectivity index (χ2n) is 5.33. The lowest BCUT2D eigenvalue weighted by molar-refractivity contribution is -0.116. The van der Waals surface area contributed by atoms with E-state index in [4.69, 9.17) is 4.42 Å². The Labute approximate surface area is 132 Å². The summed E-state index contributed by atoms with van der Waals surface area (Å²) in [7, 11) is 0.